The summed E-state index contributed by atoms with van der Waals surface area (Å²) in [5, 5.41) is 1.58. The van der Waals surface area contributed by atoms with Crippen molar-refractivity contribution in [2.24, 2.45) is 11.8 Å². The van der Waals surface area contributed by atoms with Crippen molar-refractivity contribution in [1.82, 2.24) is 9.88 Å². The van der Waals surface area contributed by atoms with Crippen LogP contribution in [0.2, 0.25) is 0 Å². The van der Waals surface area contributed by atoms with Crippen LogP contribution >= 0.6 is 11.8 Å². The van der Waals surface area contributed by atoms with Crippen LogP contribution in [0.25, 0.3) is 10.9 Å². The third-order valence-electron chi connectivity index (χ3n) is 6.82. The van der Waals surface area contributed by atoms with E-state index in [1.54, 1.807) is 16.5 Å². The first-order valence-corrected chi connectivity index (χ1v) is 11.5. The van der Waals surface area contributed by atoms with Crippen LogP contribution in [0.4, 0.5) is 0 Å². The molecule has 0 amide bonds. The van der Waals surface area contributed by atoms with E-state index < -0.39 is 0 Å². The SMILES string of the molecule is CCc1[nH]c2cccc3c2c1C[C@@H]1[C@@H]3C[C@@H](CSC)CN1CC1CC1. The highest BCUT2D eigenvalue weighted by Crippen LogP contribution is 2.47. The average Bonchev–Trinajstić information content (AvgIpc) is 3.36. The molecule has 3 atom stereocenters. The third kappa shape index (κ3) is 2.75. The Morgan fingerprint density at radius 3 is 2.88 bits per heavy atom. The van der Waals surface area contributed by atoms with E-state index in [1.807, 2.05) is 11.8 Å². The van der Waals surface area contributed by atoms with Crippen molar-refractivity contribution in [3.05, 3.63) is 35.0 Å². The van der Waals surface area contributed by atoms with E-state index in [0.717, 1.165) is 30.2 Å². The number of hydrogen-bond donors (Lipinski definition) is 1. The maximum atomic E-state index is 3.74. The molecule has 3 aliphatic rings. The maximum absolute atomic E-state index is 3.74. The number of thioether (sulfide) groups is 1. The molecule has 2 nitrogen and oxygen atoms in total. The largest absolute Gasteiger partial charge is 0.358 e. The molecule has 2 heterocycles. The number of nitrogens with one attached hydrogen (secondary N) is 1. The van der Waals surface area contributed by atoms with Gasteiger partial charge in [0.2, 0.25) is 0 Å². The fraction of sp³-hybridized carbons (Fsp3) is 0.636. The third-order valence-corrected chi connectivity index (χ3v) is 7.62. The molecule has 1 aromatic heterocycles. The maximum Gasteiger partial charge on any atom is 0.0461 e. The highest BCUT2D eigenvalue weighted by atomic mass is 32.2. The number of benzene rings is 1. The van der Waals surface area contributed by atoms with Crippen molar-refractivity contribution in [2.75, 3.05) is 25.1 Å². The molecule has 0 spiro atoms. The Bertz CT molecular complexity index is 776. The molecule has 2 aliphatic carbocycles. The van der Waals surface area contributed by atoms with Gasteiger partial charge in [-0.2, -0.15) is 11.8 Å². The Hall–Kier alpha value is -0.930. The van der Waals surface area contributed by atoms with Crippen molar-refractivity contribution in [3.63, 3.8) is 0 Å². The molecule has 3 heteroatoms. The summed E-state index contributed by atoms with van der Waals surface area (Å²) in [4.78, 5) is 6.64. The average molecular weight is 355 g/mol. The van der Waals surface area contributed by atoms with Gasteiger partial charge in [0.05, 0.1) is 0 Å². The van der Waals surface area contributed by atoms with Gasteiger partial charge in [0.25, 0.3) is 0 Å². The van der Waals surface area contributed by atoms with Gasteiger partial charge in [0.1, 0.15) is 0 Å². The van der Waals surface area contributed by atoms with E-state index >= 15 is 0 Å². The summed E-state index contributed by atoms with van der Waals surface area (Å²) in [5.74, 6) is 3.90. The Balaban J connectivity index is 1.57. The Morgan fingerprint density at radius 1 is 1.24 bits per heavy atom. The second kappa shape index (κ2) is 6.35. The van der Waals surface area contributed by atoms with E-state index in [1.165, 1.54) is 55.7 Å². The van der Waals surface area contributed by atoms with Crippen molar-refractivity contribution in [1.29, 1.82) is 0 Å². The van der Waals surface area contributed by atoms with Gasteiger partial charge < -0.3 is 4.98 Å². The molecule has 5 rings (SSSR count). The molecule has 1 aromatic carbocycles. The molecule has 25 heavy (non-hydrogen) atoms. The number of hydrogen-bond acceptors (Lipinski definition) is 2. The summed E-state index contributed by atoms with van der Waals surface area (Å²) in [7, 11) is 0. The number of aromatic amines is 1. The molecule has 1 N–H and O–H groups in total. The predicted molar refractivity (Wildman–Crippen MR) is 109 cm³/mol. The van der Waals surface area contributed by atoms with Gasteiger partial charge in [0.15, 0.2) is 0 Å². The second-order valence-corrected chi connectivity index (χ2v) is 9.45. The van der Waals surface area contributed by atoms with E-state index in [9.17, 15) is 0 Å². The highest BCUT2D eigenvalue weighted by Gasteiger charge is 2.42. The van der Waals surface area contributed by atoms with Crippen LogP contribution in [-0.2, 0) is 12.8 Å². The van der Waals surface area contributed by atoms with E-state index in [2.05, 4.69) is 41.3 Å². The highest BCUT2D eigenvalue weighted by molar-refractivity contribution is 7.98. The Kier molecular flexibility index (Phi) is 4.13. The molecule has 2 fully saturated rings. The Labute approximate surface area is 155 Å². The lowest BCUT2D eigenvalue weighted by molar-refractivity contribution is 0.0876. The zero-order valence-electron chi connectivity index (χ0n) is 15.6. The molecular weight excluding hydrogens is 324 g/mol. The van der Waals surface area contributed by atoms with Gasteiger partial charge in [-0.05, 0) is 73.1 Å². The van der Waals surface area contributed by atoms with Gasteiger partial charge in [-0.1, -0.05) is 19.1 Å². The van der Waals surface area contributed by atoms with Crippen molar-refractivity contribution < 1.29 is 0 Å². The van der Waals surface area contributed by atoms with Crippen LogP contribution in [0, 0.1) is 11.8 Å². The summed E-state index contributed by atoms with van der Waals surface area (Å²) in [5.41, 5.74) is 6.15. The summed E-state index contributed by atoms with van der Waals surface area (Å²) in [6.07, 6.45) is 8.98. The fourth-order valence-corrected chi connectivity index (χ4v) is 6.27. The molecule has 0 bridgehead atoms. The summed E-state index contributed by atoms with van der Waals surface area (Å²) in [6.45, 7) is 4.98. The molecule has 0 unspecified atom stereocenters. The standard InChI is InChI=1S/C22H30N2S/c1-3-19-18-10-21-17(16-5-4-6-20(23-19)22(16)18)9-15(13-25-2)12-24(21)11-14-7-8-14/h4-6,14-15,17,21,23H,3,7-13H2,1-2H3/t15-,17-,21-/m1/s1. The van der Waals surface area contributed by atoms with Gasteiger partial charge >= 0.3 is 0 Å². The van der Waals surface area contributed by atoms with Crippen LogP contribution in [0.15, 0.2) is 18.2 Å². The zero-order valence-corrected chi connectivity index (χ0v) is 16.4. The molecule has 134 valence electrons. The van der Waals surface area contributed by atoms with Crippen molar-refractivity contribution in [2.45, 2.75) is 51.0 Å². The molecule has 0 radical (unpaired) electrons. The van der Waals surface area contributed by atoms with E-state index in [-0.39, 0.29) is 0 Å². The van der Waals surface area contributed by atoms with E-state index in [0.29, 0.717) is 0 Å². The van der Waals surface area contributed by atoms with Crippen LogP contribution in [-0.4, -0.2) is 41.0 Å². The number of piperidine rings is 1. The molecular formula is C22H30N2S. The Morgan fingerprint density at radius 2 is 2.12 bits per heavy atom. The minimum Gasteiger partial charge on any atom is -0.358 e. The first-order valence-electron chi connectivity index (χ1n) is 10.1. The second-order valence-electron chi connectivity index (χ2n) is 8.54. The number of aryl methyl sites for hydroxylation is 1. The van der Waals surface area contributed by atoms with Gasteiger partial charge in [-0.15, -0.1) is 0 Å². The first-order chi connectivity index (χ1) is 12.3. The minimum absolute atomic E-state index is 0.734. The summed E-state index contributed by atoms with van der Waals surface area (Å²) in [6, 6.07) is 7.74. The number of H-pyrrole nitrogens is 1. The summed E-state index contributed by atoms with van der Waals surface area (Å²) < 4.78 is 0. The lowest BCUT2D eigenvalue weighted by Crippen LogP contribution is -2.51. The number of likely N-dealkylation sites (tertiary alicyclic amines) is 1. The first kappa shape index (κ1) is 16.3. The van der Waals surface area contributed by atoms with Gasteiger partial charge in [0, 0.05) is 41.6 Å². The predicted octanol–water partition coefficient (Wildman–Crippen LogP) is 4.83. The monoisotopic (exact) mass is 354 g/mol. The molecule has 1 saturated heterocycles. The topological polar surface area (TPSA) is 19.0 Å². The smallest absolute Gasteiger partial charge is 0.0461 e. The molecule has 1 saturated carbocycles. The quantitative estimate of drug-likeness (QED) is 0.829. The number of nitrogens with zero attached hydrogens (tertiary/aromatic N) is 1. The van der Waals surface area contributed by atoms with Gasteiger partial charge in [-0.3, -0.25) is 4.90 Å². The number of rotatable bonds is 5. The van der Waals surface area contributed by atoms with Crippen molar-refractivity contribution in [3.8, 4) is 0 Å². The fourth-order valence-electron chi connectivity index (χ4n) is 5.56. The number of fused-ring (bicyclic) bond motifs is 2. The number of aromatic nitrogens is 1. The normalized spacial score (nSPS) is 29.1. The molecule has 2 aromatic rings. The van der Waals surface area contributed by atoms with Gasteiger partial charge in [-0.25, -0.2) is 0 Å². The lowest BCUT2D eigenvalue weighted by atomic mass is 9.72. The lowest BCUT2D eigenvalue weighted by Gasteiger charge is -2.47. The van der Waals surface area contributed by atoms with Crippen LogP contribution in [0.1, 0.15) is 48.9 Å². The molecule has 1 aliphatic heterocycles. The zero-order chi connectivity index (χ0) is 17.0. The van der Waals surface area contributed by atoms with Crippen LogP contribution in [0.5, 0.6) is 0 Å². The van der Waals surface area contributed by atoms with Crippen LogP contribution in [0.3, 0.4) is 0 Å². The minimum atomic E-state index is 0.734. The van der Waals surface area contributed by atoms with Crippen molar-refractivity contribution >= 4 is 22.7 Å². The van der Waals surface area contributed by atoms with Crippen LogP contribution < -0.4 is 0 Å². The van der Waals surface area contributed by atoms with E-state index in [4.69, 9.17) is 0 Å². The summed E-state index contributed by atoms with van der Waals surface area (Å²) >= 11 is 2.04.